The Morgan fingerprint density at radius 1 is 1.02 bits per heavy atom. The van der Waals surface area contributed by atoms with E-state index in [9.17, 15) is 14.7 Å². The van der Waals surface area contributed by atoms with Crippen LogP contribution >= 0.6 is 46.3 Å². The number of carbonyl (C=O) groups is 2. The van der Waals surface area contributed by atoms with Crippen molar-refractivity contribution in [1.29, 1.82) is 0 Å². The molecule has 2 aromatic heterocycles. The summed E-state index contributed by atoms with van der Waals surface area (Å²) in [7, 11) is 0. The second kappa shape index (κ2) is 12.9. The summed E-state index contributed by atoms with van der Waals surface area (Å²) in [5, 5.41) is 21.1. The molecule has 1 unspecified atom stereocenters. The highest BCUT2D eigenvalue weighted by atomic mass is 35.5. The molecule has 3 aromatic carbocycles. The summed E-state index contributed by atoms with van der Waals surface area (Å²) < 4.78 is 12.1. The molecule has 1 aliphatic rings. The molecule has 1 amide bonds. The summed E-state index contributed by atoms with van der Waals surface area (Å²) in [5.41, 5.74) is 3.27. The SMILES string of the molecule is Cc1ccccc1COc1ccc(/C(O)=C2\C(=O)C(=O)N(c3nnc(SCc4ccc(Cl)cc4Cl)s3)C2c2ccco2)cc1. The Balaban J connectivity index is 1.26. The highest BCUT2D eigenvalue weighted by molar-refractivity contribution is 8.00. The number of hydrogen-bond donors (Lipinski definition) is 1. The van der Waals surface area contributed by atoms with E-state index in [1.807, 2.05) is 37.3 Å². The number of ether oxygens (including phenoxy) is 1. The molecule has 8 nitrogen and oxygen atoms in total. The lowest BCUT2D eigenvalue weighted by atomic mass is 9.99. The van der Waals surface area contributed by atoms with Gasteiger partial charge in [-0.05, 0) is 72.1 Å². The van der Waals surface area contributed by atoms with E-state index in [0.29, 0.717) is 43.8 Å². The number of ketones is 1. The minimum Gasteiger partial charge on any atom is -0.507 e. The van der Waals surface area contributed by atoms with Crippen LogP contribution in [0.25, 0.3) is 5.76 Å². The number of amides is 1. The fourth-order valence-electron chi connectivity index (χ4n) is 4.68. The number of aliphatic hydroxyl groups is 1. The first kappa shape index (κ1) is 30.0. The standard InChI is InChI=1S/C32H23Cl2N3O5S2/c1-18-5-2-3-6-20(18)16-42-23-12-9-19(10-13-23)28(38)26-27(25-7-4-14-41-25)37(30(40)29(26)39)31-35-36-32(44-31)43-17-21-8-11-22(33)15-24(21)34/h2-15,27,38H,16-17H2,1H3/b28-26+. The first-order chi connectivity index (χ1) is 21.3. The molecule has 1 fully saturated rings. The second-order valence-corrected chi connectivity index (χ2v) is 12.8. The molecule has 0 radical (unpaired) electrons. The van der Waals surface area contributed by atoms with E-state index in [1.165, 1.54) is 22.9 Å². The summed E-state index contributed by atoms with van der Waals surface area (Å²) in [4.78, 5) is 28.0. The Bertz CT molecular complexity index is 1870. The van der Waals surface area contributed by atoms with E-state index in [1.54, 1.807) is 48.5 Å². The number of nitrogens with zero attached hydrogens (tertiary/aromatic N) is 3. The number of thioether (sulfide) groups is 1. The van der Waals surface area contributed by atoms with Crippen LogP contribution < -0.4 is 9.64 Å². The fourth-order valence-corrected chi connectivity index (χ4v) is 7.11. The zero-order valence-corrected chi connectivity index (χ0v) is 26.2. The van der Waals surface area contributed by atoms with Gasteiger partial charge in [0.25, 0.3) is 5.78 Å². The van der Waals surface area contributed by atoms with Gasteiger partial charge in [0, 0.05) is 21.4 Å². The van der Waals surface area contributed by atoms with Crippen molar-refractivity contribution < 1.29 is 23.8 Å². The number of aryl methyl sites for hydroxylation is 1. The number of anilines is 1. The number of aromatic nitrogens is 2. The van der Waals surface area contributed by atoms with Crippen LogP contribution in [0, 0.1) is 6.92 Å². The number of carbonyl (C=O) groups excluding carboxylic acids is 2. The molecule has 5 aromatic rings. The van der Waals surface area contributed by atoms with E-state index >= 15 is 0 Å². The second-order valence-electron chi connectivity index (χ2n) is 9.80. The quantitative estimate of drug-likeness (QED) is 0.0552. The molecule has 12 heteroatoms. The number of halogens is 2. The van der Waals surface area contributed by atoms with Gasteiger partial charge in [-0.15, -0.1) is 10.2 Å². The van der Waals surface area contributed by atoms with Crippen LogP contribution in [0.1, 0.15) is 34.1 Å². The number of aliphatic hydroxyl groups excluding tert-OH is 1. The van der Waals surface area contributed by atoms with E-state index < -0.39 is 17.7 Å². The molecule has 1 atom stereocenters. The highest BCUT2D eigenvalue weighted by Crippen LogP contribution is 2.44. The Hall–Kier alpha value is -4.09. The molecule has 0 bridgehead atoms. The predicted octanol–water partition coefficient (Wildman–Crippen LogP) is 8.24. The summed E-state index contributed by atoms with van der Waals surface area (Å²) >= 11 is 14.8. The van der Waals surface area contributed by atoms with Crippen molar-refractivity contribution in [3.8, 4) is 5.75 Å². The Labute approximate surface area is 270 Å². The van der Waals surface area contributed by atoms with Crippen molar-refractivity contribution in [2.45, 2.75) is 29.7 Å². The summed E-state index contributed by atoms with van der Waals surface area (Å²) in [6.45, 7) is 2.40. The molecule has 0 aliphatic carbocycles. The lowest BCUT2D eigenvalue weighted by molar-refractivity contribution is -0.132. The van der Waals surface area contributed by atoms with E-state index in [0.717, 1.165) is 28.0 Å². The summed E-state index contributed by atoms with van der Waals surface area (Å²) in [6, 6.07) is 22.1. The fraction of sp³-hybridized carbons (Fsp3) is 0.125. The Morgan fingerprint density at radius 3 is 2.55 bits per heavy atom. The molecule has 1 N–H and O–H groups in total. The van der Waals surface area contributed by atoms with Crippen molar-refractivity contribution in [2.75, 3.05) is 4.90 Å². The monoisotopic (exact) mass is 663 g/mol. The van der Waals surface area contributed by atoms with Gasteiger partial charge in [-0.2, -0.15) is 0 Å². The van der Waals surface area contributed by atoms with Crippen molar-refractivity contribution in [1.82, 2.24) is 10.2 Å². The van der Waals surface area contributed by atoms with Gasteiger partial charge in [0.05, 0.1) is 11.8 Å². The van der Waals surface area contributed by atoms with Crippen LogP contribution in [0.5, 0.6) is 5.75 Å². The molecule has 0 saturated carbocycles. The number of rotatable bonds is 9. The lowest BCUT2D eigenvalue weighted by Crippen LogP contribution is -2.29. The van der Waals surface area contributed by atoms with Crippen LogP contribution in [-0.2, 0) is 21.9 Å². The first-order valence-corrected chi connectivity index (χ1v) is 15.9. The van der Waals surface area contributed by atoms with E-state index in [2.05, 4.69) is 10.2 Å². The maximum atomic E-state index is 13.4. The smallest absolute Gasteiger partial charge is 0.302 e. The minimum atomic E-state index is -1.04. The molecular weight excluding hydrogens is 641 g/mol. The minimum absolute atomic E-state index is 0.115. The van der Waals surface area contributed by atoms with Crippen LogP contribution in [0.2, 0.25) is 10.0 Å². The van der Waals surface area contributed by atoms with Crippen molar-refractivity contribution in [2.24, 2.45) is 0 Å². The third kappa shape index (κ3) is 6.11. The molecule has 1 aliphatic heterocycles. The van der Waals surface area contributed by atoms with E-state index in [-0.39, 0.29) is 16.5 Å². The number of furan rings is 1. The maximum absolute atomic E-state index is 13.4. The van der Waals surface area contributed by atoms with Gasteiger partial charge < -0.3 is 14.3 Å². The third-order valence-corrected chi connectivity index (χ3v) is 9.70. The molecular formula is C32H23Cl2N3O5S2. The van der Waals surface area contributed by atoms with Crippen LogP contribution in [0.4, 0.5) is 5.13 Å². The largest absolute Gasteiger partial charge is 0.507 e. The zero-order chi connectivity index (χ0) is 30.8. The molecule has 6 rings (SSSR count). The topological polar surface area (TPSA) is 106 Å². The average Bonchev–Trinajstić information content (AvgIpc) is 3.77. The van der Waals surface area contributed by atoms with E-state index in [4.69, 9.17) is 32.4 Å². The molecule has 1 saturated heterocycles. The lowest BCUT2D eigenvalue weighted by Gasteiger charge is -2.20. The van der Waals surface area contributed by atoms with Gasteiger partial charge in [0.15, 0.2) is 4.34 Å². The number of hydrogen-bond acceptors (Lipinski definition) is 9. The summed E-state index contributed by atoms with van der Waals surface area (Å²) in [6.07, 6.45) is 1.44. The first-order valence-electron chi connectivity index (χ1n) is 13.3. The Kier molecular flexibility index (Phi) is 8.76. The predicted molar refractivity (Wildman–Crippen MR) is 171 cm³/mol. The normalized spacial score (nSPS) is 16.1. The molecule has 44 heavy (non-hydrogen) atoms. The zero-order valence-electron chi connectivity index (χ0n) is 23.1. The number of Topliss-reactive ketones (excluding diaryl/α,β-unsaturated/α-hetero) is 1. The van der Waals surface area contributed by atoms with Gasteiger partial charge in [-0.1, -0.05) is 76.6 Å². The van der Waals surface area contributed by atoms with Gasteiger partial charge in [-0.25, -0.2) is 0 Å². The van der Waals surface area contributed by atoms with Gasteiger partial charge >= 0.3 is 5.91 Å². The summed E-state index contributed by atoms with van der Waals surface area (Å²) in [5.74, 6) is -0.668. The molecule has 222 valence electrons. The molecule has 0 spiro atoms. The average molecular weight is 665 g/mol. The van der Waals surface area contributed by atoms with Gasteiger partial charge in [0.1, 0.15) is 29.9 Å². The van der Waals surface area contributed by atoms with Crippen LogP contribution in [0.3, 0.4) is 0 Å². The molecule has 3 heterocycles. The van der Waals surface area contributed by atoms with Gasteiger partial charge in [0.2, 0.25) is 5.13 Å². The third-order valence-electron chi connectivity index (χ3n) is 7.01. The van der Waals surface area contributed by atoms with Crippen LogP contribution in [0.15, 0.2) is 99.5 Å². The Morgan fingerprint density at radius 2 is 1.82 bits per heavy atom. The van der Waals surface area contributed by atoms with Crippen molar-refractivity contribution in [3.05, 3.63) is 129 Å². The van der Waals surface area contributed by atoms with Crippen LogP contribution in [-0.4, -0.2) is 27.0 Å². The van der Waals surface area contributed by atoms with Crippen molar-refractivity contribution >= 4 is 68.9 Å². The maximum Gasteiger partial charge on any atom is 0.302 e. The van der Waals surface area contributed by atoms with Crippen molar-refractivity contribution in [3.63, 3.8) is 0 Å². The van der Waals surface area contributed by atoms with Gasteiger partial charge in [-0.3, -0.25) is 14.5 Å². The number of benzene rings is 3. The highest BCUT2D eigenvalue weighted by Gasteiger charge is 2.49.